The number of hydrogen-bond acceptors (Lipinski definition) is 2. The molecule has 1 rings (SSSR count). The Morgan fingerprint density at radius 1 is 1.38 bits per heavy atom. The predicted molar refractivity (Wildman–Crippen MR) is 47.0 cm³/mol. The van der Waals surface area contributed by atoms with Crippen LogP contribution in [0.3, 0.4) is 0 Å². The first kappa shape index (κ1) is 9.77. The third-order valence-electron chi connectivity index (χ3n) is 2.15. The molecule has 0 aromatic carbocycles. The summed E-state index contributed by atoms with van der Waals surface area (Å²) >= 11 is 0. The molecule has 0 radical (unpaired) electrons. The molecule has 0 aromatic rings. The second kappa shape index (κ2) is 4.07. The second-order valence-corrected chi connectivity index (χ2v) is 3.11. The maximum Gasteiger partial charge on any atom is 0.351 e. The summed E-state index contributed by atoms with van der Waals surface area (Å²) in [6.45, 7) is 3.87. The van der Waals surface area contributed by atoms with Gasteiger partial charge in [0.25, 0.3) is 0 Å². The number of aliphatic carboxylic acids is 1. The van der Waals surface area contributed by atoms with Crippen molar-refractivity contribution in [1.29, 1.82) is 0 Å². The summed E-state index contributed by atoms with van der Waals surface area (Å²) in [6, 6.07) is 0. The van der Waals surface area contributed by atoms with Crippen molar-refractivity contribution in [1.82, 2.24) is 4.90 Å². The molecule has 1 N–H and O–H groups in total. The minimum absolute atomic E-state index is 0.105. The summed E-state index contributed by atoms with van der Waals surface area (Å²) in [5.41, 5.74) is -0.105. The standard InChI is InChI=1S/C9H13NO3/c1-7(9(12)13)10-6-4-2-3-5-8(10)11/h1-6H2,(H,12,13). The van der Waals surface area contributed by atoms with E-state index in [1.165, 1.54) is 4.90 Å². The zero-order valence-electron chi connectivity index (χ0n) is 7.45. The lowest BCUT2D eigenvalue weighted by Gasteiger charge is -2.19. The fourth-order valence-corrected chi connectivity index (χ4v) is 1.38. The zero-order chi connectivity index (χ0) is 9.84. The SMILES string of the molecule is C=C(C(=O)O)N1CCCCCC1=O. The Morgan fingerprint density at radius 2 is 2.08 bits per heavy atom. The molecule has 4 heteroatoms. The van der Waals surface area contributed by atoms with Crippen LogP contribution in [0.25, 0.3) is 0 Å². The molecule has 1 fully saturated rings. The van der Waals surface area contributed by atoms with Crippen LogP contribution >= 0.6 is 0 Å². The van der Waals surface area contributed by atoms with Crippen LogP contribution < -0.4 is 0 Å². The van der Waals surface area contributed by atoms with Gasteiger partial charge in [0, 0.05) is 13.0 Å². The van der Waals surface area contributed by atoms with Gasteiger partial charge in [0.05, 0.1) is 0 Å². The van der Waals surface area contributed by atoms with Gasteiger partial charge in [-0.05, 0) is 12.8 Å². The number of carboxylic acid groups (broad SMARTS) is 1. The van der Waals surface area contributed by atoms with Crippen LogP contribution in [0.2, 0.25) is 0 Å². The Hall–Kier alpha value is -1.32. The van der Waals surface area contributed by atoms with Crippen LogP contribution in [0.15, 0.2) is 12.3 Å². The van der Waals surface area contributed by atoms with Gasteiger partial charge in [-0.25, -0.2) is 4.79 Å². The number of carbonyl (C=O) groups excluding carboxylic acids is 1. The Kier molecular flexibility index (Phi) is 3.06. The quantitative estimate of drug-likeness (QED) is 0.649. The monoisotopic (exact) mass is 183 g/mol. The van der Waals surface area contributed by atoms with Crippen molar-refractivity contribution in [2.75, 3.05) is 6.54 Å². The molecule has 4 nitrogen and oxygen atoms in total. The van der Waals surface area contributed by atoms with Crippen molar-refractivity contribution in [3.63, 3.8) is 0 Å². The number of hydrogen-bond donors (Lipinski definition) is 1. The summed E-state index contributed by atoms with van der Waals surface area (Å²) in [5, 5.41) is 8.65. The van der Waals surface area contributed by atoms with E-state index in [-0.39, 0.29) is 11.6 Å². The van der Waals surface area contributed by atoms with Crippen molar-refractivity contribution < 1.29 is 14.7 Å². The number of carboxylic acids is 1. The lowest BCUT2D eigenvalue weighted by molar-refractivity contribution is -0.139. The number of likely N-dealkylation sites (tertiary alicyclic amines) is 1. The molecule has 1 heterocycles. The van der Waals surface area contributed by atoms with E-state index in [1.807, 2.05) is 0 Å². The molecule has 0 aliphatic carbocycles. The topological polar surface area (TPSA) is 57.6 Å². The van der Waals surface area contributed by atoms with Gasteiger partial charge in [-0.2, -0.15) is 0 Å². The minimum Gasteiger partial charge on any atom is -0.477 e. The Balaban J connectivity index is 2.70. The first-order valence-corrected chi connectivity index (χ1v) is 4.35. The van der Waals surface area contributed by atoms with E-state index in [2.05, 4.69) is 6.58 Å². The Labute approximate surface area is 76.8 Å². The van der Waals surface area contributed by atoms with E-state index in [1.54, 1.807) is 0 Å². The number of carbonyl (C=O) groups is 2. The van der Waals surface area contributed by atoms with Gasteiger partial charge in [-0.1, -0.05) is 13.0 Å². The molecule has 0 aromatic heterocycles. The molecule has 0 unspecified atom stereocenters. The summed E-state index contributed by atoms with van der Waals surface area (Å²) < 4.78 is 0. The highest BCUT2D eigenvalue weighted by atomic mass is 16.4. The van der Waals surface area contributed by atoms with Crippen molar-refractivity contribution in [3.8, 4) is 0 Å². The fraction of sp³-hybridized carbons (Fsp3) is 0.556. The number of rotatable bonds is 2. The highest BCUT2D eigenvalue weighted by molar-refractivity contribution is 5.92. The van der Waals surface area contributed by atoms with E-state index >= 15 is 0 Å². The van der Waals surface area contributed by atoms with Crippen molar-refractivity contribution >= 4 is 11.9 Å². The third-order valence-corrected chi connectivity index (χ3v) is 2.15. The smallest absolute Gasteiger partial charge is 0.351 e. The molecule has 0 saturated carbocycles. The van der Waals surface area contributed by atoms with Crippen LogP contribution in [0, 0.1) is 0 Å². The number of amides is 1. The molecule has 0 atom stereocenters. The fourth-order valence-electron chi connectivity index (χ4n) is 1.38. The number of nitrogens with zero attached hydrogens (tertiary/aromatic N) is 1. The normalized spacial score (nSPS) is 18.2. The highest BCUT2D eigenvalue weighted by Gasteiger charge is 2.22. The molecule has 0 bridgehead atoms. The van der Waals surface area contributed by atoms with E-state index in [4.69, 9.17) is 5.11 Å². The van der Waals surface area contributed by atoms with E-state index in [9.17, 15) is 9.59 Å². The van der Waals surface area contributed by atoms with Crippen LogP contribution in [-0.2, 0) is 9.59 Å². The summed E-state index contributed by atoms with van der Waals surface area (Å²) in [6.07, 6.45) is 3.13. The van der Waals surface area contributed by atoms with E-state index < -0.39 is 5.97 Å². The lowest BCUT2D eigenvalue weighted by atomic mass is 10.2. The van der Waals surface area contributed by atoms with Gasteiger partial charge in [-0.3, -0.25) is 4.79 Å². The highest BCUT2D eigenvalue weighted by Crippen LogP contribution is 2.14. The first-order valence-electron chi connectivity index (χ1n) is 4.35. The van der Waals surface area contributed by atoms with Crippen molar-refractivity contribution in [2.24, 2.45) is 0 Å². The molecule has 1 aliphatic heterocycles. The molecule has 72 valence electrons. The van der Waals surface area contributed by atoms with Gasteiger partial charge >= 0.3 is 5.97 Å². The zero-order valence-corrected chi connectivity index (χ0v) is 7.45. The minimum atomic E-state index is -1.12. The average molecular weight is 183 g/mol. The summed E-state index contributed by atoms with van der Waals surface area (Å²) in [4.78, 5) is 23.2. The average Bonchev–Trinajstić information content (AvgIpc) is 2.28. The summed E-state index contributed by atoms with van der Waals surface area (Å²) in [7, 11) is 0. The van der Waals surface area contributed by atoms with E-state index in [0.717, 1.165) is 19.3 Å². The molecular weight excluding hydrogens is 170 g/mol. The Morgan fingerprint density at radius 3 is 2.69 bits per heavy atom. The van der Waals surface area contributed by atoms with Crippen LogP contribution in [-0.4, -0.2) is 28.4 Å². The molecule has 13 heavy (non-hydrogen) atoms. The van der Waals surface area contributed by atoms with Crippen LogP contribution in [0.1, 0.15) is 25.7 Å². The van der Waals surface area contributed by atoms with Crippen molar-refractivity contribution in [2.45, 2.75) is 25.7 Å². The van der Waals surface area contributed by atoms with Gasteiger partial charge < -0.3 is 10.0 Å². The maximum absolute atomic E-state index is 11.4. The maximum atomic E-state index is 11.4. The molecule has 1 aliphatic rings. The van der Waals surface area contributed by atoms with Crippen LogP contribution in [0.5, 0.6) is 0 Å². The second-order valence-electron chi connectivity index (χ2n) is 3.11. The van der Waals surface area contributed by atoms with Crippen LogP contribution in [0.4, 0.5) is 0 Å². The van der Waals surface area contributed by atoms with Gasteiger partial charge in [-0.15, -0.1) is 0 Å². The predicted octanol–water partition coefficient (Wildman–Crippen LogP) is 0.987. The molecule has 0 spiro atoms. The van der Waals surface area contributed by atoms with Gasteiger partial charge in [0.15, 0.2) is 0 Å². The third kappa shape index (κ3) is 2.31. The largest absolute Gasteiger partial charge is 0.477 e. The first-order chi connectivity index (χ1) is 6.13. The molecule has 1 amide bonds. The lowest BCUT2D eigenvalue weighted by Crippen LogP contribution is -2.32. The Bertz CT molecular complexity index is 247. The van der Waals surface area contributed by atoms with Gasteiger partial charge in [0.2, 0.25) is 5.91 Å². The molecular formula is C9H13NO3. The molecule has 1 saturated heterocycles. The summed E-state index contributed by atoms with van der Waals surface area (Å²) in [5.74, 6) is -1.24. The van der Waals surface area contributed by atoms with Crippen molar-refractivity contribution in [3.05, 3.63) is 12.3 Å². The van der Waals surface area contributed by atoms with E-state index in [0.29, 0.717) is 13.0 Å². The van der Waals surface area contributed by atoms with Gasteiger partial charge in [0.1, 0.15) is 5.70 Å².